The van der Waals surface area contributed by atoms with Crippen LogP contribution in [0.25, 0.3) is 10.4 Å². The van der Waals surface area contributed by atoms with Crippen LogP contribution < -0.4 is 64.9 Å². The second kappa shape index (κ2) is 36.5. The molecule has 11 amide bonds. The summed E-state index contributed by atoms with van der Waals surface area (Å²) >= 11 is 7.77. The van der Waals surface area contributed by atoms with Crippen molar-refractivity contribution in [2.24, 2.45) is 34.0 Å². The number of hydrogen-bond acceptors (Lipinski definition) is 17. The monoisotopic (exact) mass is 1380 g/mol. The number of benzene rings is 2. The summed E-state index contributed by atoms with van der Waals surface area (Å²) in [6.45, 7) is 4.77. The van der Waals surface area contributed by atoms with Gasteiger partial charge in [0, 0.05) is 57.0 Å². The van der Waals surface area contributed by atoms with E-state index < -0.39 is 137 Å². The molecule has 0 radical (unpaired) electrons. The number of primary amides is 3. The lowest BCUT2D eigenvalue weighted by molar-refractivity contribution is -0.142. The molecule has 0 bridgehead atoms. The number of aliphatic hydroxyl groups is 1. The van der Waals surface area contributed by atoms with E-state index >= 15 is 0 Å². The number of halogens is 1. The normalized spacial score (nSPS) is 17.5. The Labute approximate surface area is 534 Å². The number of thiol groups is 1. The van der Waals surface area contributed by atoms with Crippen LogP contribution in [0.4, 0.5) is 5.69 Å². The molecule has 2 fully saturated rings. The van der Waals surface area contributed by atoms with Crippen molar-refractivity contribution in [3.63, 3.8) is 0 Å². The van der Waals surface area contributed by atoms with Crippen LogP contribution in [0, 0.1) is 9.49 Å². The van der Waals surface area contributed by atoms with Crippen molar-refractivity contribution >= 4 is 118 Å². The van der Waals surface area contributed by atoms with Crippen molar-refractivity contribution in [3.05, 3.63) is 67.6 Å². The number of nitrogens with two attached hydrogens (primary N) is 4. The molecule has 1 aliphatic heterocycles. The molecule has 2 aromatic rings. The fourth-order valence-corrected chi connectivity index (χ4v) is 12.8. The number of carbonyl (C=O) groups is 11. The van der Waals surface area contributed by atoms with Crippen molar-refractivity contribution < 1.29 is 62.6 Å². The van der Waals surface area contributed by atoms with E-state index in [0.717, 1.165) is 19.3 Å². The van der Waals surface area contributed by atoms with Crippen molar-refractivity contribution in [1.29, 1.82) is 0 Å². The van der Waals surface area contributed by atoms with Crippen LogP contribution in [0.1, 0.15) is 115 Å². The number of azide groups is 1. The smallest absolute Gasteiger partial charge is 0.246 e. The Balaban J connectivity index is 1.49. The summed E-state index contributed by atoms with van der Waals surface area (Å²) in [5, 5.41) is 32.8. The minimum Gasteiger partial charge on any atom is -0.497 e. The average Bonchev–Trinajstić information content (AvgIpc) is 4.17. The van der Waals surface area contributed by atoms with Crippen molar-refractivity contribution in [2.45, 2.75) is 176 Å². The first-order valence-electron chi connectivity index (χ1n) is 29.2. The molecule has 0 aromatic heterocycles. The van der Waals surface area contributed by atoms with Gasteiger partial charge in [0.25, 0.3) is 0 Å². The number of ether oxygens (including phenoxy) is 1. The Bertz CT molecular complexity index is 2840. The zero-order chi connectivity index (χ0) is 65.3. The van der Waals surface area contributed by atoms with Crippen molar-refractivity contribution in [1.82, 2.24) is 42.1 Å². The molecule has 2 aromatic carbocycles. The highest BCUT2D eigenvalue weighted by Gasteiger charge is 2.42. The van der Waals surface area contributed by atoms with Crippen LogP contribution in [0.15, 0.2) is 47.6 Å². The molecule has 1 heterocycles. The second-order valence-electron chi connectivity index (χ2n) is 22.1. The zero-order valence-electron chi connectivity index (χ0n) is 49.9. The maximum atomic E-state index is 14.5. The lowest BCUT2D eigenvalue weighted by atomic mass is 9.85. The average molecular weight is 1380 g/mol. The minimum absolute atomic E-state index is 0.00672. The standard InChI is InChI=1S/C57H84IN15O13S2/c1-5-31(2)47(69-52(81)40(26-33-13-16-35(86-4)17-14-33)64-46(77)29-57(20-7-6-8-21-57)88-24-19-44(60)75)54(83)70-48(32(3)74)55(84)67-41(28-45(61)76)51(80)68-42(30-87)56(85)73-23-10-12-43(73)53(82)65-38(11-9-22-59)50(79)66-39(49(62)78)27-34-15-18-37(71-72-63)36(58)25-34/h13-18,25,31-32,38-43,47-48,74,87H,5-12,19-24,26-30,59H2,1-4H3,(H2,60,75)(H2,61,76)(H2,62,78)(H,64,77)(H,65,82)(H,66,79)(H,67,84)(H,68,80)(H,69,81)(H,70,83)/t31-,32+,38?,39?,40-,41-,42-,43?,47-,48-/m0/s1/i58-2. The van der Waals surface area contributed by atoms with Crippen LogP contribution in [0.5, 0.6) is 5.75 Å². The summed E-state index contributed by atoms with van der Waals surface area (Å²) in [5.41, 5.74) is 32.8. The number of nitrogens with one attached hydrogen (secondary N) is 7. The molecule has 1 saturated carbocycles. The van der Waals surface area contributed by atoms with Gasteiger partial charge < -0.3 is 74.9 Å². The molecule has 28 nitrogen and oxygen atoms in total. The Morgan fingerprint density at radius 1 is 0.784 bits per heavy atom. The quantitative estimate of drug-likeness (QED) is 0.0146. The Morgan fingerprint density at radius 2 is 1.39 bits per heavy atom. The van der Waals surface area contributed by atoms with Gasteiger partial charge in [-0.1, -0.05) is 68.9 Å². The highest BCUT2D eigenvalue weighted by atomic mass is 125. The number of carbonyl (C=O) groups excluding carboxylic acids is 11. The van der Waals surface area contributed by atoms with Gasteiger partial charge in [0.05, 0.1) is 25.3 Å². The zero-order valence-corrected chi connectivity index (χ0v) is 53.8. The number of nitrogens with zero attached hydrogens (tertiary/aromatic N) is 4. The molecule has 4 rings (SSSR count). The molecule has 31 heteroatoms. The maximum absolute atomic E-state index is 14.5. The SMILES string of the molecule is CC[C@H](C)[C@H](NC(=O)[C@H](Cc1ccc(OC)cc1)NC(=O)CC1(SCCC(N)=O)CCCCC1)C(=O)N[C@H](C(=O)N[C@@H](CC(N)=O)C(=O)N[C@@H](CS)C(=O)N1CCCC1C(=O)NC(CCCN)C(=O)NC(Cc1ccc(N=[N+]=[N-])c([125I])c1)C(N)=O)[C@@H](C)O. The highest BCUT2D eigenvalue weighted by Crippen LogP contribution is 2.43. The summed E-state index contributed by atoms with van der Waals surface area (Å²) in [4.78, 5) is 154. The van der Waals surface area contributed by atoms with E-state index in [1.165, 1.54) is 30.7 Å². The van der Waals surface area contributed by atoms with E-state index in [2.05, 4.69) is 59.9 Å². The molecule has 0 spiro atoms. The topological polar surface area (TPSA) is 458 Å². The molecular formula is C57H84IN15O13S2. The van der Waals surface area contributed by atoms with E-state index in [1.54, 1.807) is 56.3 Å². The van der Waals surface area contributed by atoms with Crippen LogP contribution in [0.3, 0.4) is 0 Å². The van der Waals surface area contributed by atoms with Crippen LogP contribution in [0.2, 0.25) is 0 Å². The van der Waals surface area contributed by atoms with Crippen molar-refractivity contribution in [3.8, 4) is 5.75 Å². The second-order valence-corrected chi connectivity index (χ2v) is 25.1. The van der Waals surface area contributed by atoms with Crippen LogP contribution in [-0.2, 0) is 65.6 Å². The van der Waals surface area contributed by atoms with E-state index in [9.17, 15) is 57.8 Å². The van der Waals surface area contributed by atoms with Gasteiger partial charge in [-0.2, -0.15) is 24.4 Å². The molecule has 3 unspecified atom stereocenters. The summed E-state index contributed by atoms with van der Waals surface area (Å²) in [6, 6.07) is 0.349. The first kappa shape index (κ1) is 73.5. The maximum Gasteiger partial charge on any atom is 0.246 e. The third kappa shape index (κ3) is 22.9. The third-order valence-corrected chi connectivity index (χ3v) is 18.2. The number of aliphatic hydroxyl groups excluding tert-OH is 1. The van der Waals surface area contributed by atoms with Gasteiger partial charge in [0.1, 0.15) is 54.1 Å². The highest BCUT2D eigenvalue weighted by molar-refractivity contribution is 14.1. The minimum atomic E-state index is -1.82. The molecule has 10 atom stereocenters. The molecule has 2 aliphatic rings. The largest absolute Gasteiger partial charge is 0.497 e. The Morgan fingerprint density at radius 3 is 1.97 bits per heavy atom. The van der Waals surface area contributed by atoms with Gasteiger partial charge >= 0.3 is 0 Å². The van der Waals surface area contributed by atoms with Crippen molar-refractivity contribution in [2.75, 3.05) is 31.7 Å². The fraction of sp³-hybridized carbons (Fsp3) is 0.596. The Hall–Kier alpha value is -6.93. The molecule has 16 N–H and O–H groups in total. The van der Waals surface area contributed by atoms with E-state index in [-0.39, 0.29) is 63.8 Å². The summed E-state index contributed by atoms with van der Waals surface area (Å²) in [6.07, 6.45) is 2.92. The number of thioether (sulfide) groups is 1. The van der Waals surface area contributed by atoms with Crippen LogP contribution >= 0.6 is 47.0 Å². The molecule has 484 valence electrons. The molecule has 1 saturated heterocycles. The number of hydrogen-bond donors (Lipinski definition) is 13. The first-order chi connectivity index (χ1) is 41.8. The first-order valence-corrected chi connectivity index (χ1v) is 31.9. The fourth-order valence-electron chi connectivity index (χ4n) is 10.3. The molecule has 1 aliphatic carbocycles. The number of likely N-dealkylation sites (tertiary alicyclic amines) is 1. The van der Waals surface area contributed by atoms with Gasteiger partial charge in [-0.15, -0.1) is 0 Å². The third-order valence-electron chi connectivity index (χ3n) is 15.4. The number of methoxy groups -OCH3 is 1. The van der Waals surface area contributed by atoms with E-state index in [1.807, 2.05) is 22.6 Å². The van der Waals surface area contributed by atoms with Gasteiger partial charge in [0.15, 0.2) is 0 Å². The van der Waals surface area contributed by atoms with E-state index in [4.69, 9.17) is 33.2 Å². The predicted molar refractivity (Wildman–Crippen MR) is 340 cm³/mol. The summed E-state index contributed by atoms with van der Waals surface area (Å²) < 4.78 is 5.39. The number of rotatable bonds is 36. The predicted octanol–water partition coefficient (Wildman–Crippen LogP) is 0.569. The number of amides is 11. The van der Waals surface area contributed by atoms with Gasteiger partial charge in [0.2, 0.25) is 65.0 Å². The van der Waals surface area contributed by atoms with Crippen LogP contribution in [-0.4, -0.2) is 166 Å². The van der Waals surface area contributed by atoms with Gasteiger partial charge in [-0.05, 0) is 115 Å². The lowest BCUT2D eigenvalue weighted by Crippen LogP contribution is -2.63. The molecular weight excluding hydrogens is 1290 g/mol. The Kier molecular flexibility index (Phi) is 30.5. The lowest BCUT2D eigenvalue weighted by Gasteiger charge is -2.37. The summed E-state index contributed by atoms with van der Waals surface area (Å²) in [7, 11) is 1.50. The van der Waals surface area contributed by atoms with Gasteiger partial charge in [-0.3, -0.25) is 52.7 Å². The van der Waals surface area contributed by atoms with Gasteiger partial charge in [-0.25, -0.2) is 0 Å². The van der Waals surface area contributed by atoms with E-state index in [0.29, 0.717) is 57.6 Å². The summed E-state index contributed by atoms with van der Waals surface area (Å²) in [5.74, 6) is -9.01. The molecule has 88 heavy (non-hydrogen) atoms.